The van der Waals surface area contributed by atoms with Crippen LogP contribution in [0.1, 0.15) is 52.4 Å². The smallest absolute Gasteiger partial charge is 0.0246 e. The van der Waals surface area contributed by atoms with Crippen molar-refractivity contribution in [3.8, 4) is 0 Å². The van der Waals surface area contributed by atoms with Gasteiger partial charge >= 0.3 is 0 Å². The average Bonchev–Trinajstić information content (AvgIpc) is 3.03. The Morgan fingerprint density at radius 1 is 1.33 bits per heavy atom. The third kappa shape index (κ3) is 4.12. The van der Waals surface area contributed by atoms with Crippen molar-refractivity contribution in [1.82, 2.24) is 4.90 Å². The molecule has 0 spiro atoms. The molecule has 0 aromatic carbocycles. The quantitative estimate of drug-likeness (QED) is 0.627. The van der Waals surface area contributed by atoms with Gasteiger partial charge in [-0.2, -0.15) is 0 Å². The summed E-state index contributed by atoms with van der Waals surface area (Å²) in [5.74, 6) is 0.897. The second-order valence-corrected chi connectivity index (χ2v) is 5.15. The van der Waals surface area contributed by atoms with Crippen LogP contribution in [-0.4, -0.2) is 30.6 Å². The lowest BCUT2D eigenvalue weighted by atomic mass is 10.0. The van der Waals surface area contributed by atoms with E-state index in [1.807, 2.05) is 0 Å². The Morgan fingerprint density at radius 2 is 2.00 bits per heavy atom. The third-order valence-corrected chi connectivity index (χ3v) is 3.85. The molecule has 0 amide bonds. The van der Waals surface area contributed by atoms with Crippen molar-refractivity contribution < 1.29 is 0 Å². The van der Waals surface area contributed by atoms with E-state index in [1.165, 1.54) is 38.5 Å². The lowest BCUT2D eigenvalue weighted by Gasteiger charge is -2.32. The second kappa shape index (κ2) is 6.49. The topological polar surface area (TPSA) is 29.3 Å². The number of nitrogens with zero attached hydrogens (tertiary/aromatic N) is 1. The number of hydrogen-bond acceptors (Lipinski definition) is 2. The Morgan fingerprint density at radius 3 is 2.47 bits per heavy atom. The van der Waals surface area contributed by atoms with Crippen LogP contribution in [0.5, 0.6) is 0 Å². The molecule has 1 rings (SSSR count). The lowest BCUT2D eigenvalue weighted by Crippen LogP contribution is -2.44. The molecule has 2 N–H and O–H groups in total. The van der Waals surface area contributed by atoms with Crippen LogP contribution in [0.4, 0.5) is 0 Å². The fraction of sp³-hybridized carbons (Fsp3) is 1.00. The van der Waals surface area contributed by atoms with Gasteiger partial charge in [-0.1, -0.05) is 26.2 Å². The molecule has 15 heavy (non-hydrogen) atoms. The number of likely N-dealkylation sites (N-methyl/N-ethyl adjacent to an activating group) is 1. The van der Waals surface area contributed by atoms with E-state index in [4.69, 9.17) is 5.73 Å². The normalized spacial score (nSPS) is 20.6. The van der Waals surface area contributed by atoms with E-state index < -0.39 is 0 Å². The summed E-state index contributed by atoms with van der Waals surface area (Å²) in [5.41, 5.74) is 5.87. The van der Waals surface area contributed by atoms with Crippen molar-refractivity contribution in [2.24, 2.45) is 11.7 Å². The Kier molecular flexibility index (Phi) is 5.62. The van der Waals surface area contributed by atoms with Gasteiger partial charge in [0.15, 0.2) is 0 Å². The SMILES string of the molecule is CCCCCC(C)N(C)C(CN)C1CC1. The minimum absolute atomic E-state index is 0.640. The van der Waals surface area contributed by atoms with Gasteiger partial charge in [0.1, 0.15) is 0 Å². The van der Waals surface area contributed by atoms with Crippen LogP contribution in [0.2, 0.25) is 0 Å². The number of hydrogen-bond donors (Lipinski definition) is 1. The Labute approximate surface area is 95.2 Å². The van der Waals surface area contributed by atoms with Gasteiger partial charge in [0.25, 0.3) is 0 Å². The first kappa shape index (κ1) is 13.0. The fourth-order valence-corrected chi connectivity index (χ4v) is 2.39. The molecule has 0 heterocycles. The molecule has 1 fully saturated rings. The summed E-state index contributed by atoms with van der Waals surface area (Å²) in [7, 11) is 2.26. The highest BCUT2D eigenvalue weighted by Gasteiger charge is 2.34. The van der Waals surface area contributed by atoms with Crippen molar-refractivity contribution in [3.63, 3.8) is 0 Å². The van der Waals surface area contributed by atoms with Gasteiger partial charge in [0, 0.05) is 18.6 Å². The number of rotatable bonds is 8. The molecule has 2 unspecified atom stereocenters. The molecule has 1 aliphatic rings. The van der Waals surface area contributed by atoms with Gasteiger partial charge in [0.05, 0.1) is 0 Å². The van der Waals surface area contributed by atoms with E-state index in [1.54, 1.807) is 0 Å². The minimum Gasteiger partial charge on any atom is -0.329 e. The molecule has 0 saturated heterocycles. The highest BCUT2D eigenvalue weighted by molar-refractivity contribution is 4.89. The predicted octanol–water partition coefficient (Wildman–Crippen LogP) is 2.62. The molecule has 0 bridgehead atoms. The monoisotopic (exact) mass is 212 g/mol. The van der Waals surface area contributed by atoms with Crippen LogP contribution in [-0.2, 0) is 0 Å². The van der Waals surface area contributed by atoms with Crippen LogP contribution in [0, 0.1) is 5.92 Å². The molecule has 1 saturated carbocycles. The maximum atomic E-state index is 5.87. The zero-order valence-electron chi connectivity index (χ0n) is 10.7. The van der Waals surface area contributed by atoms with Crippen LogP contribution in [0.25, 0.3) is 0 Å². The van der Waals surface area contributed by atoms with Crippen molar-refractivity contribution in [2.75, 3.05) is 13.6 Å². The van der Waals surface area contributed by atoms with Crippen molar-refractivity contribution in [3.05, 3.63) is 0 Å². The van der Waals surface area contributed by atoms with Gasteiger partial charge in [-0.15, -0.1) is 0 Å². The van der Waals surface area contributed by atoms with E-state index in [2.05, 4.69) is 25.8 Å². The summed E-state index contributed by atoms with van der Waals surface area (Å²) in [4.78, 5) is 2.52. The molecule has 90 valence electrons. The summed E-state index contributed by atoms with van der Waals surface area (Å²) in [6.45, 7) is 5.45. The van der Waals surface area contributed by atoms with Gasteiger partial charge in [0.2, 0.25) is 0 Å². The van der Waals surface area contributed by atoms with Crippen molar-refractivity contribution >= 4 is 0 Å². The summed E-state index contributed by atoms with van der Waals surface area (Å²) >= 11 is 0. The molecular formula is C13H28N2. The Hall–Kier alpha value is -0.0800. The molecule has 0 aromatic rings. The molecule has 0 radical (unpaired) electrons. The lowest BCUT2D eigenvalue weighted by molar-refractivity contribution is 0.160. The summed E-state index contributed by atoms with van der Waals surface area (Å²) in [6, 6.07) is 1.34. The van der Waals surface area contributed by atoms with Crippen molar-refractivity contribution in [1.29, 1.82) is 0 Å². The van der Waals surface area contributed by atoms with Crippen molar-refractivity contribution in [2.45, 2.75) is 64.5 Å². The summed E-state index contributed by atoms with van der Waals surface area (Å²) < 4.78 is 0. The standard InChI is InChI=1S/C13H28N2/c1-4-5-6-7-11(2)15(3)13(10-14)12-8-9-12/h11-13H,4-10,14H2,1-3H3. The second-order valence-electron chi connectivity index (χ2n) is 5.15. The molecule has 2 nitrogen and oxygen atoms in total. The fourth-order valence-electron chi connectivity index (χ4n) is 2.39. The molecule has 2 heteroatoms. The summed E-state index contributed by atoms with van der Waals surface area (Å²) in [6.07, 6.45) is 8.17. The highest BCUT2D eigenvalue weighted by Crippen LogP contribution is 2.35. The average molecular weight is 212 g/mol. The molecule has 2 atom stereocenters. The third-order valence-electron chi connectivity index (χ3n) is 3.85. The Bertz CT molecular complexity index is 166. The van der Waals surface area contributed by atoms with E-state index in [0.717, 1.165) is 12.5 Å². The number of nitrogens with two attached hydrogens (primary N) is 1. The van der Waals surface area contributed by atoms with Gasteiger partial charge in [-0.3, -0.25) is 4.90 Å². The molecular weight excluding hydrogens is 184 g/mol. The maximum Gasteiger partial charge on any atom is 0.0246 e. The first-order valence-corrected chi connectivity index (χ1v) is 6.62. The highest BCUT2D eigenvalue weighted by atomic mass is 15.2. The number of unbranched alkanes of at least 4 members (excludes halogenated alkanes) is 2. The van der Waals surface area contributed by atoms with E-state index in [-0.39, 0.29) is 0 Å². The predicted molar refractivity (Wildman–Crippen MR) is 66.9 cm³/mol. The van der Waals surface area contributed by atoms with E-state index >= 15 is 0 Å². The first-order valence-electron chi connectivity index (χ1n) is 6.62. The van der Waals surface area contributed by atoms with E-state index in [9.17, 15) is 0 Å². The van der Waals surface area contributed by atoms with E-state index in [0.29, 0.717) is 12.1 Å². The van der Waals surface area contributed by atoms with Crippen LogP contribution in [0.3, 0.4) is 0 Å². The summed E-state index contributed by atoms with van der Waals surface area (Å²) in [5, 5.41) is 0. The maximum absolute atomic E-state index is 5.87. The van der Waals surface area contributed by atoms with Crippen LogP contribution < -0.4 is 5.73 Å². The van der Waals surface area contributed by atoms with Gasteiger partial charge < -0.3 is 5.73 Å². The zero-order chi connectivity index (χ0) is 11.3. The first-order chi connectivity index (χ1) is 7.20. The van der Waals surface area contributed by atoms with Gasteiger partial charge in [-0.25, -0.2) is 0 Å². The minimum atomic E-state index is 0.640. The van der Waals surface area contributed by atoms with Crippen LogP contribution >= 0.6 is 0 Å². The van der Waals surface area contributed by atoms with Crippen LogP contribution in [0.15, 0.2) is 0 Å². The van der Waals surface area contributed by atoms with Gasteiger partial charge in [-0.05, 0) is 39.2 Å². The molecule has 0 aromatic heterocycles. The molecule has 0 aliphatic heterocycles. The zero-order valence-corrected chi connectivity index (χ0v) is 10.7. The molecule has 1 aliphatic carbocycles. The Balaban J connectivity index is 2.26. The largest absolute Gasteiger partial charge is 0.329 e.